The molecular formula is C10H23NO2. The molecule has 0 unspecified atom stereocenters. The number of hydrogen-bond acceptors (Lipinski definition) is 3. The minimum absolute atomic E-state index is 0.102. The lowest BCUT2D eigenvalue weighted by Crippen LogP contribution is -2.44. The van der Waals surface area contributed by atoms with Crippen LogP contribution >= 0.6 is 0 Å². The number of nitrogens with zero attached hydrogens (tertiary/aromatic N) is 1. The highest BCUT2D eigenvalue weighted by Crippen LogP contribution is 2.12. The maximum Gasteiger partial charge on any atom is 0.101 e. The molecule has 0 radical (unpaired) electrons. The highest BCUT2D eigenvalue weighted by molar-refractivity contribution is 4.71. The van der Waals surface area contributed by atoms with Gasteiger partial charge in [-0.2, -0.15) is 0 Å². The summed E-state index contributed by atoms with van der Waals surface area (Å²) in [4.78, 5) is 2.17. The van der Waals surface area contributed by atoms with Gasteiger partial charge in [0.1, 0.15) is 13.5 Å². The third-order valence-electron chi connectivity index (χ3n) is 1.85. The fourth-order valence-electron chi connectivity index (χ4n) is 0.828. The third kappa shape index (κ3) is 6.02. The van der Waals surface area contributed by atoms with E-state index in [0.29, 0.717) is 13.5 Å². The van der Waals surface area contributed by atoms with Crippen LogP contribution in [-0.2, 0) is 9.47 Å². The van der Waals surface area contributed by atoms with Crippen molar-refractivity contribution in [1.82, 2.24) is 4.90 Å². The van der Waals surface area contributed by atoms with Crippen molar-refractivity contribution in [2.24, 2.45) is 0 Å². The van der Waals surface area contributed by atoms with E-state index >= 15 is 0 Å². The van der Waals surface area contributed by atoms with Crippen molar-refractivity contribution in [2.45, 2.75) is 40.2 Å². The van der Waals surface area contributed by atoms with E-state index in [1.54, 1.807) is 0 Å². The molecule has 0 fully saturated rings. The van der Waals surface area contributed by atoms with Crippen molar-refractivity contribution in [3.05, 3.63) is 0 Å². The van der Waals surface area contributed by atoms with Gasteiger partial charge < -0.3 is 9.47 Å². The summed E-state index contributed by atoms with van der Waals surface area (Å²) in [6, 6.07) is 0. The second-order valence-corrected chi connectivity index (χ2v) is 3.95. The monoisotopic (exact) mass is 189 g/mol. The Bertz CT molecular complexity index is 113. The first-order valence-electron chi connectivity index (χ1n) is 4.92. The second-order valence-electron chi connectivity index (χ2n) is 3.95. The Balaban J connectivity index is 3.88. The quantitative estimate of drug-likeness (QED) is 0.597. The van der Waals surface area contributed by atoms with E-state index in [0.717, 1.165) is 13.2 Å². The van der Waals surface area contributed by atoms with Crippen LogP contribution in [0.4, 0.5) is 0 Å². The van der Waals surface area contributed by atoms with Gasteiger partial charge in [-0.1, -0.05) is 0 Å². The van der Waals surface area contributed by atoms with Crippen LogP contribution in [0.1, 0.15) is 34.6 Å². The van der Waals surface area contributed by atoms with Gasteiger partial charge in [0.25, 0.3) is 0 Å². The zero-order valence-corrected chi connectivity index (χ0v) is 9.59. The Labute approximate surface area is 82.0 Å². The van der Waals surface area contributed by atoms with E-state index in [-0.39, 0.29) is 5.54 Å². The molecule has 0 atom stereocenters. The van der Waals surface area contributed by atoms with Gasteiger partial charge in [-0.3, -0.25) is 4.90 Å². The van der Waals surface area contributed by atoms with Gasteiger partial charge in [0.15, 0.2) is 0 Å². The highest BCUT2D eigenvalue weighted by atomic mass is 16.5. The summed E-state index contributed by atoms with van der Waals surface area (Å²) in [5.74, 6) is 0. The van der Waals surface area contributed by atoms with E-state index in [1.165, 1.54) is 0 Å². The lowest BCUT2D eigenvalue weighted by atomic mass is 10.1. The summed E-state index contributed by atoms with van der Waals surface area (Å²) >= 11 is 0. The van der Waals surface area contributed by atoms with Crippen LogP contribution in [0.15, 0.2) is 0 Å². The van der Waals surface area contributed by atoms with E-state index in [2.05, 4.69) is 25.7 Å². The zero-order chi connectivity index (χ0) is 10.3. The van der Waals surface area contributed by atoms with Gasteiger partial charge in [-0.05, 0) is 34.6 Å². The summed E-state index contributed by atoms with van der Waals surface area (Å²) < 4.78 is 10.7. The van der Waals surface area contributed by atoms with Crippen LogP contribution in [0.2, 0.25) is 0 Å². The molecule has 0 rings (SSSR count). The molecule has 0 aromatic rings. The minimum atomic E-state index is 0.102. The van der Waals surface area contributed by atoms with Gasteiger partial charge in [0, 0.05) is 18.8 Å². The molecule has 3 heteroatoms. The molecule has 0 saturated heterocycles. The number of ether oxygens (including phenoxy) is 2. The molecule has 0 aromatic carbocycles. The van der Waals surface area contributed by atoms with Crippen LogP contribution in [-0.4, -0.2) is 37.1 Å². The second kappa shape index (κ2) is 6.35. The molecule has 3 nitrogen and oxygen atoms in total. The van der Waals surface area contributed by atoms with Gasteiger partial charge in [0.2, 0.25) is 0 Å². The molecule has 0 aliphatic carbocycles. The van der Waals surface area contributed by atoms with Crippen molar-refractivity contribution >= 4 is 0 Å². The van der Waals surface area contributed by atoms with E-state index in [9.17, 15) is 0 Å². The first kappa shape index (κ1) is 12.9. The predicted molar refractivity (Wildman–Crippen MR) is 54.6 cm³/mol. The Morgan fingerprint density at radius 1 is 0.923 bits per heavy atom. The SMILES string of the molecule is CCOCN(COCC)C(C)(C)C. The lowest BCUT2D eigenvalue weighted by molar-refractivity contribution is -0.0814. The summed E-state index contributed by atoms with van der Waals surface area (Å²) in [6.07, 6.45) is 0. The predicted octanol–water partition coefficient (Wildman–Crippen LogP) is 2.07. The molecule has 13 heavy (non-hydrogen) atoms. The molecule has 0 aliphatic heterocycles. The average Bonchev–Trinajstić information content (AvgIpc) is 2.02. The molecule has 0 heterocycles. The Morgan fingerprint density at radius 3 is 1.54 bits per heavy atom. The fourth-order valence-corrected chi connectivity index (χ4v) is 0.828. The first-order valence-corrected chi connectivity index (χ1v) is 4.92. The van der Waals surface area contributed by atoms with Crippen molar-refractivity contribution in [1.29, 1.82) is 0 Å². The zero-order valence-electron chi connectivity index (χ0n) is 9.59. The van der Waals surface area contributed by atoms with Crippen LogP contribution < -0.4 is 0 Å². The number of rotatable bonds is 6. The lowest BCUT2D eigenvalue weighted by Gasteiger charge is -2.34. The first-order chi connectivity index (χ1) is 6.02. The number of hydrogen-bond donors (Lipinski definition) is 0. The van der Waals surface area contributed by atoms with Crippen molar-refractivity contribution in [3.8, 4) is 0 Å². The maximum absolute atomic E-state index is 5.37. The Morgan fingerprint density at radius 2 is 1.31 bits per heavy atom. The van der Waals surface area contributed by atoms with E-state index in [4.69, 9.17) is 9.47 Å². The Hall–Kier alpha value is -0.120. The summed E-state index contributed by atoms with van der Waals surface area (Å²) in [5.41, 5.74) is 0.102. The largest absolute Gasteiger partial charge is 0.366 e. The molecule has 0 bridgehead atoms. The molecular weight excluding hydrogens is 166 g/mol. The van der Waals surface area contributed by atoms with Gasteiger partial charge >= 0.3 is 0 Å². The molecule has 0 aromatic heterocycles. The average molecular weight is 189 g/mol. The standard InChI is InChI=1S/C10H23NO2/c1-6-12-8-11(9-13-7-2)10(3,4)5/h6-9H2,1-5H3. The topological polar surface area (TPSA) is 21.7 Å². The van der Waals surface area contributed by atoms with Gasteiger partial charge in [-0.25, -0.2) is 0 Å². The van der Waals surface area contributed by atoms with Crippen LogP contribution in [0.3, 0.4) is 0 Å². The smallest absolute Gasteiger partial charge is 0.101 e. The molecule has 0 saturated carbocycles. The summed E-state index contributed by atoms with van der Waals surface area (Å²) in [5, 5.41) is 0. The van der Waals surface area contributed by atoms with E-state index in [1.807, 2.05) is 13.8 Å². The maximum atomic E-state index is 5.37. The van der Waals surface area contributed by atoms with Crippen molar-refractivity contribution in [3.63, 3.8) is 0 Å². The van der Waals surface area contributed by atoms with Crippen LogP contribution in [0.5, 0.6) is 0 Å². The third-order valence-corrected chi connectivity index (χ3v) is 1.85. The van der Waals surface area contributed by atoms with Gasteiger partial charge in [0.05, 0.1) is 0 Å². The fraction of sp³-hybridized carbons (Fsp3) is 1.00. The molecule has 0 amide bonds. The Kier molecular flexibility index (Phi) is 6.29. The van der Waals surface area contributed by atoms with Crippen molar-refractivity contribution < 1.29 is 9.47 Å². The minimum Gasteiger partial charge on any atom is -0.366 e. The highest BCUT2D eigenvalue weighted by Gasteiger charge is 2.20. The van der Waals surface area contributed by atoms with Crippen molar-refractivity contribution in [2.75, 3.05) is 26.7 Å². The molecule has 0 N–H and O–H groups in total. The summed E-state index contributed by atoms with van der Waals surface area (Å²) in [7, 11) is 0. The summed E-state index contributed by atoms with van der Waals surface area (Å²) in [6.45, 7) is 13.3. The molecule has 0 aliphatic rings. The molecule has 0 spiro atoms. The van der Waals surface area contributed by atoms with Crippen LogP contribution in [0, 0.1) is 0 Å². The van der Waals surface area contributed by atoms with Crippen LogP contribution in [0.25, 0.3) is 0 Å². The van der Waals surface area contributed by atoms with Gasteiger partial charge in [-0.15, -0.1) is 0 Å². The molecule has 80 valence electrons. The normalized spacial score (nSPS) is 12.5. The van der Waals surface area contributed by atoms with E-state index < -0.39 is 0 Å².